The van der Waals surface area contributed by atoms with Gasteiger partial charge in [0.1, 0.15) is 0 Å². The molecule has 0 radical (unpaired) electrons. The molecule has 1 aliphatic heterocycles. The summed E-state index contributed by atoms with van der Waals surface area (Å²) in [7, 11) is 2.16. The van der Waals surface area contributed by atoms with Gasteiger partial charge in [-0.3, -0.25) is 4.98 Å². The van der Waals surface area contributed by atoms with Gasteiger partial charge in [-0.1, -0.05) is 0 Å². The standard InChI is InChI=1S/C11H16ClN3/c1-14-4-6-15(7-5-14)11-3-2-10(8-12)13-9-11/h2-3,9H,4-8H2,1H3. The zero-order valence-electron chi connectivity index (χ0n) is 8.99. The van der Waals surface area contributed by atoms with Crippen LogP contribution in [0, 0.1) is 0 Å². The molecule has 1 aromatic rings. The third-order valence-corrected chi connectivity index (χ3v) is 3.09. The molecule has 82 valence electrons. The van der Waals surface area contributed by atoms with Gasteiger partial charge in [-0.2, -0.15) is 0 Å². The molecule has 0 unspecified atom stereocenters. The van der Waals surface area contributed by atoms with Gasteiger partial charge in [-0.25, -0.2) is 0 Å². The topological polar surface area (TPSA) is 19.4 Å². The summed E-state index contributed by atoms with van der Waals surface area (Å²) in [5, 5.41) is 0. The summed E-state index contributed by atoms with van der Waals surface area (Å²) in [6, 6.07) is 4.11. The fourth-order valence-electron chi connectivity index (χ4n) is 1.75. The Hall–Kier alpha value is -0.800. The summed E-state index contributed by atoms with van der Waals surface area (Å²) in [5.41, 5.74) is 2.14. The lowest BCUT2D eigenvalue weighted by Gasteiger charge is -2.33. The molecule has 0 atom stereocenters. The average Bonchev–Trinajstić information content (AvgIpc) is 2.30. The van der Waals surface area contributed by atoms with E-state index in [4.69, 9.17) is 11.6 Å². The number of pyridine rings is 1. The number of piperazine rings is 1. The van der Waals surface area contributed by atoms with E-state index in [0.717, 1.165) is 31.9 Å². The minimum atomic E-state index is 0.489. The number of anilines is 1. The molecule has 1 saturated heterocycles. The average molecular weight is 226 g/mol. The van der Waals surface area contributed by atoms with Gasteiger partial charge < -0.3 is 9.80 Å². The molecule has 1 aromatic heterocycles. The second-order valence-corrected chi connectivity index (χ2v) is 4.20. The number of alkyl halides is 1. The Bertz CT molecular complexity index is 304. The minimum Gasteiger partial charge on any atom is -0.368 e. The second kappa shape index (κ2) is 4.81. The molecule has 1 aliphatic rings. The predicted molar refractivity (Wildman–Crippen MR) is 63.5 cm³/mol. The van der Waals surface area contributed by atoms with Crippen molar-refractivity contribution in [2.45, 2.75) is 5.88 Å². The van der Waals surface area contributed by atoms with E-state index in [1.54, 1.807) is 0 Å². The summed E-state index contributed by atoms with van der Waals surface area (Å²) < 4.78 is 0. The van der Waals surface area contributed by atoms with E-state index in [-0.39, 0.29) is 0 Å². The molecule has 15 heavy (non-hydrogen) atoms. The molecule has 1 fully saturated rings. The first kappa shape index (κ1) is 10.7. The van der Waals surface area contributed by atoms with E-state index < -0.39 is 0 Å². The van der Waals surface area contributed by atoms with Crippen LogP contribution in [0.4, 0.5) is 5.69 Å². The molecule has 2 rings (SSSR count). The van der Waals surface area contributed by atoms with E-state index in [1.807, 2.05) is 12.3 Å². The minimum absolute atomic E-state index is 0.489. The first-order valence-corrected chi connectivity index (χ1v) is 5.77. The monoisotopic (exact) mass is 225 g/mol. The first-order valence-electron chi connectivity index (χ1n) is 5.24. The van der Waals surface area contributed by atoms with Crippen LogP contribution in [0.1, 0.15) is 5.69 Å². The van der Waals surface area contributed by atoms with Crippen molar-refractivity contribution < 1.29 is 0 Å². The molecule has 0 amide bonds. The molecule has 0 N–H and O–H groups in total. The molecule has 2 heterocycles. The van der Waals surface area contributed by atoms with E-state index in [1.165, 1.54) is 5.69 Å². The second-order valence-electron chi connectivity index (χ2n) is 3.93. The van der Waals surface area contributed by atoms with Crippen molar-refractivity contribution in [3.8, 4) is 0 Å². The van der Waals surface area contributed by atoms with Crippen LogP contribution in [0.2, 0.25) is 0 Å². The van der Waals surface area contributed by atoms with Crippen molar-refractivity contribution in [1.82, 2.24) is 9.88 Å². The van der Waals surface area contributed by atoms with Gasteiger partial charge >= 0.3 is 0 Å². The highest BCUT2D eigenvalue weighted by Gasteiger charge is 2.13. The van der Waals surface area contributed by atoms with Crippen molar-refractivity contribution in [1.29, 1.82) is 0 Å². The molecule has 4 heteroatoms. The Morgan fingerprint density at radius 2 is 2.00 bits per heavy atom. The maximum atomic E-state index is 5.70. The number of hydrogen-bond acceptors (Lipinski definition) is 3. The number of likely N-dealkylation sites (N-methyl/N-ethyl adjacent to an activating group) is 1. The van der Waals surface area contributed by atoms with E-state index >= 15 is 0 Å². The van der Waals surface area contributed by atoms with Crippen molar-refractivity contribution in [2.24, 2.45) is 0 Å². The fourth-order valence-corrected chi connectivity index (χ4v) is 1.91. The lowest BCUT2D eigenvalue weighted by atomic mass is 10.2. The molecule has 0 aliphatic carbocycles. The number of nitrogens with zero attached hydrogens (tertiary/aromatic N) is 3. The van der Waals surface area contributed by atoms with Crippen LogP contribution in [-0.4, -0.2) is 43.1 Å². The quantitative estimate of drug-likeness (QED) is 0.713. The third-order valence-electron chi connectivity index (χ3n) is 2.81. The molecule has 0 aromatic carbocycles. The maximum absolute atomic E-state index is 5.70. The molecule has 3 nitrogen and oxygen atoms in total. The lowest BCUT2D eigenvalue weighted by molar-refractivity contribution is 0.313. The van der Waals surface area contributed by atoms with Crippen molar-refractivity contribution in [3.63, 3.8) is 0 Å². The highest BCUT2D eigenvalue weighted by Crippen LogP contribution is 2.15. The molecule has 0 saturated carbocycles. The molecule has 0 spiro atoms. The first-order chi connectivity index (χ1) is 7.29. The SMILES string of the molecule is CN1CCN(c2ccc(CCl)nc2)CC1. The Balaban J connectivity index is 2.03. The van der Waals surface area contributed by atoms with Crippen LogP contribution in [-0.2, 0) is 5.88 Å². The molecular formula is C11H16ClN3. The van der Waals surface area contributed by atoms with E-state index in [9.17, 15) is 0 Å². The molecule has 0 bridgehead atoms. The summed E-state index contributed by atoms with van der Waals surface area (Å²) in [5.74, 6) is 0.489. The number of hydrogen-bond donors (Lipinski definition) is 0. The van der Waals surface area contributed by atoms with E-state index in [2.05, 4.69) is 27.9 Å². The highest BCUT2D eigenvalue weighted by molar-refractivity contribution is 6.16. The van der Waals surface area contributed by atoms with Crippen molar-refractivity contribution in [2.75, 3.05) is 38.1 Å². The Morgan fingerprint density at radius 3 is 2.53 bits per heavy atom. The normalized spacial score (nSPS) is 18.1. The van der Waals surface area contributed by atoms with Crippen LogP contribution < -0.4 is 4.90 Å². The summed E-state index contributed by atoms with van der Waals surface area (Å²) in [6.45, 7) is 4.41. The summed E-state index contributed by atoms with van der Waals surface area (Å²) in [4.78, 5) is 9.01. The van der Waals surface area contributed by atoms with Gasteiger partial charge in [-0.15, -0.1) is 11.6 Å². The molecular weight excluding hydrogens is 210 g/mol. The Labute approximate surface area is 95.7 Å². The van der Waals surface area contributed by atoms with Crippen molar-refractivity contribution >= 4 is 17.3 Å². The Kier molecular flexibility index (Phi) is 3.44. The van der Waals surface area contributed by atoms with Gasteiger partial charge in [0.25, 0.3) is 0 Å². The van der Waals surface area contributed by atoms with Gasteiger partial charge in [0.15, 0.2) is 0 Å². The zero-order valence-corrected chi connectivity index (χ0v) is 9.74. The zero-order chi connectivity index (χ0) is 10.7. The number of aromatic nitrogens is 1. The van der Waals surface area contributed by atoms with Crippen LogP contribution >= 0.6 is 11.6 Å². The van der Waals surface area contributed by atoms with Crippen molar-refractivity contribution in [3.05, 3.63) is 24.0 Å². The van der Waals surface area contributed by atoms with Gasteiger partial charge in [0.05, 0.1) is 23.5 Å². The van der Waals surface area contributed by atoms with Gasteiger partial charge in [-0.05, 0) is 19.2 Å². The van der Waals surface area contributed by atoms with Gasteiger partial charge in [0.2, 0.25) is 0 Å². The maximum Gasteiger partial charge on any atom is 0.0647 e. The van der Waals surface area contributed by atoms with Crippen LogP contribution in [0.5, 0.6) is 0 Å². The van der Waals surface area contributed by atoms with Crippen LogP contribution in [0.3, 0.4) is 0 Å². The third kappa shape index (κ3) is 2.61. The number of halogens is 1. The lowest BCUT2D eigenvalue weighted by Crippen LogP contribution is -2.44. The van der Waals surface area contributed by atoms with Gasteiger partial charge in [0, 0.05) is 26.2 Å². The number of rotatable bonds is 2. The van der Waals surface area contributed by atoms with Crippen LogP contribution in [0.15, 0.2) is 18.3 Å². The smallest absolute Gasteiger partial charge is 0.0647 e. The predicted octanol–water partition coefficient (Wildman–Crippen LogP) is 1.57. The largest absolute Gasteiger partial charge is 0.368 e. The highest BCUT2D eigenvalue weighted by atomic mass is 35.5. The van der Waals surface area contributed by atoms with Crippen LogP contribution in [0.25, 0.3) is 0 Å². The summed E-state index contributed by atoms with van der Waals surface area (Å²) >= 11 is 5.70. The van der Waals surface area contributed by atoms with E-state index in [0.29, 0.717) is 5.88 Å². The Morgan fingerprint density at radius 1 is 1.27 bits per heavy atom. The summed E-state index contributed by atoms with van der Waals surface area (Å²) in [6.07, 6.45) is 1.92. The fraction of sp³-hybridized carbons (Fsp3) is 0.545.